The van der Waals surface area contributed by atoms with Gasteiger partial charge in [0.15, 0.2) is 0 Å². The van der Waals surface area contributed by atoms with Crippen LogP contribution in [0.2, 0.25) is 0 Å². The average molecular weight is 156 g/mol. The molecule has 0 spiro atoms. The summed E-state index contributed by atoms with van der Waals surface area (Å²) >= 11 is 0. The fourth-order valence-corrected chi connectivity index (χ4v) is 1.24. The maximum Gasteiger partial charge on any atom is 0.133 e. The van der Waals surface area contributed by atoms with Gasteiger partial charge < -0.3 is 0 Å². The van der Waals surface area contributed by atoms with E-state index in [0.29, 0.717) is 11.7 Å². The van der Waals surface area contributed by atoms with Gasteiger partial charge in [0.05, 0.1) is 0 Å². The van der Waals surface area contributed by atoms with Crippen molar-refractivity contribution in [1.29, 1.82) is 0 Å². The SMILES string of the molecule is CCC.C[C@@H]1CCCC(=O)C1. The third kappa shape index (κ3) is 6.08. The largest absolute Gasteiger partial charge is 0.300 e. The smallest absolute Gasteiger partial charge is 0.133 e. The summed E-state index contributed by atoms with van der Waals surface area (Å²) in [5.41, 5.74) is 0. The molecule has 1 fully saturated rings. The van der Waals surface area contributed by atoms with Crippen molar-refractivity contribution in [1.82, 2.24) is 0 Å². The van der Waals surface area contributed by atoms with Crippen LogP contribution in [-0.2, 0) is 4.79 Å². The molecule has 1 aliphatic rings. The Morgan fingerprint density at radius 1 is 1.45 bits per heavy atom. The van der Waals surface area contributed by atoms with Crippen LogP contribution >= 0.6 is 0 Å². The number of ketones is 1. The van der Waals surface area contributed by atoms with E-state index < -0.39 is 0 Å². The highest BCUT2D eigenvalue weighted by molar-refractivity contribution is 5.79. The maximum atomic E-state index is 10.7. The fraction of sp³-hybridized carbons (Fsp3) is 0.900. The van der Waals surface area contributed by atoms with Crippen LogP contribution in [-0.4, -0.2) is 5.78 Å². The van der Waals surface area contributed by atoms with Gasteiger partial charge in [-0.3, -0.25) is 4.79 Å². The normalized spacial score (nSPS) is 23.9. The molecule has 0 heterocycles. The molecule has 0 radical (unpaired) electrons. The number of carbonyl (C=O) groups is 1. The van der Waals surface area contributed by atoms with Crippen molar-refractivity contribution >= 4 is 5.78 Å². The van der Waals surface area contributed by atoms with Crippen LogP contribution in [0.1, 0.15) is 52.9 Å². The van der Waals surface area contributed by atoms with Crippen molar-refractivity contribution in [2.24, 2.45) is 5.92 Å². The second kappa shape index (κ2) is 6.38. The lowest BCUT2D eigenvalue weighted by molar-refractivity contribution is -0.121. The van der Waals surface area contributed by atoms with Crippen molar-refractivity contribution in [3.63, 3.8) is 0 Å². The second-order valence-corrected chi connectivity index (χ2v) is 3.45. The van der Waals surface area contributed by atoms with E-state index in [4.69, 9.17) is 0 Å². The minimum Gasteiger partial charge on any atom is -0.300 e. The molecule has 0 saturated heterocycles. The van der Waals surface area contributed by atoms with Crippen molar-refractivity contribution in [2.75, 3.05) is 0 Å². The van der Waals surface area contributed by atoms with E-state index in [1.807, 2.05) is 0 Å². The van der Waals surface area contributed by atoms with Crippen LogP contribution in [0.15, 0.2) is 0 Å². The van der Waals surface area contributed by atoms with Gasteiger partial charge in [-0.1, -0.05) is 27.2 Å². The van der Waals surface area contributed by atoms with E-state index in [-0.39, 0.29) is 0 Å². The van der Waals surface area contributed by atoms with Gasteiger partial charge in [0.25, 0.3) is 0 Å². The van der Waals surface area contributed by atoms with E-state index in [9.17, 15) is 4.79 Å². The number of Topliss-reactive ketones (excluding diaryl/α,β-unsaturated/α-hetero) is 1. The van der Waals surface area contributed by atoms with Gasteiger partial charge >= 0.3 is 0 Å². The molecule has 0 aliphatic heterocycles. The predicted molar refractivity (Wildman–Crippen MR) is 48.6 cm³/mol. The van der Waals surface area contributed by atoms with Crippen LogP contribution in [0.4, 0.5) is 0 Å². The zero-order chi connectivity index (χ0) is 8.69. The number of hydrogen-bond acceptors (Lipinski definition) is 1. The van der Waals surface area contributed by atoms with Crippen LogP contribution in [0.3, 0.4) is 0 Å². The molecule has 11 heavy (non-hydrogen) atoms. The van der Waals surface area contributed by atoms with Gasteiger partial charge in [0.2, 0.25) is 0 Å². The molecule has 0 bridgehead atoms. The van der Waals surface area contributed by atoms with E-state index in [0.717, 1.165) is 19.3 Å². The summed E-state index contributed by atoms with van der Waals surface area (Å²) in [6.07, 6.45) is 5.30. The lowest BCUT2D eigenvalue weighted by atomic mass is 9.90. The molecule has 0 unspecified atom stereocenters. The first kappa shape index (κ1) is 10.7. The predicted octanol–water partition coefficient (Wildman–Crippen LogP) is 3.18. The third-order valence-corrected chi connectivity index (χ3v) is 1.73. The van der Waals surface area contributed by atoms with Gasteiger partial charge in [0, 0.05) is 12.8 Å². The maximum absolute atomic E-state index is 10.7. The zero-order valence-corrected chi connectivity index (χ0v) is 8.02. The molecule has 0 N–H and O–H groups in total. The van der Waals surface area contributed by atoms with Crippen LogP contribution in [0.25, 0.3) is 0 Å². The Labute approximate surface area is 70.2 Å². The first-order valence-corrected chi connectivity index (χ1v) is 4.72. The molecule has 1 nitrogen and oxygen atoms in total. The highest BCUT2D eigenvalue weighted by atomic mass is 16.1. The van der Waals surface area contributed by atoms with Crippen LogP contribution in [0, 0.1) is 5.92 Å². The Balaban J connectivity index is 0.000000292. The van der Waals surface area contributed by atoms with Gasteiger partial charge in [-0.2, -0.15) is 0 Å². The van der Waals surface area contributed by atoms with Gasteiger partial charge in [-0.15, -0.1) is 0 Å². The van der Waals surface area contributed by atoms with Crippen molar-refractivity contribution in [2.45, 2.75) is 52.9 Å². The Kier molecular flexibility index (Phi) is 6.19. The molecule has 1 saturated carbocycles. The second-order valence-electron chi connectivity index (χ2n) is 3.45. The summed E-state index contributed by atoms with van der Waals surface area (Å²) in [7, 11) is 0. The van der Waals surface area contributed by atoms with E-state index in [1.54, 1.807) is 0 Å². The molecule has 1 aliphatic carbocycles. The molecule has 0 aromatic rings. The van der Waals surface area contributed by atoms with Gasteiger partial charge in [0.1, 0.15) is 5.78 Å². The molecular weight excluding hydrogens is 136 g/mol. The van der Waals surface area contributed by atoms with Crippen LogP contribution in [0.5, 0.6) is 0 Å². The summed E-state index contributed by atoms with van der Waals surface area (Å²) in [5.74, 6) is 1.12. The Morgan fingerprint density at radius 3 is 2.27 bits per heavy atom. The molecule has 66 valence electrons. The number of carbonyl (C=O) groups excluding carboxylic acids is 1. The van der Waals surface area contributed by atoms with Crippen molar-refractivity contribution in [3.8, 4) is 0 Å². The Hall–Kier alpha value is -0.330. The summed E-state index contributed by atoms with van der Waals surface area (Å²) in [6.45, 7) is 6.40. The van der Waals surface area contributed by atoms with Gasteiger partial charge in [-0.25, -0.2) is 0 Å². The van der Waals surface area contributed by atoms with Crippen molar-refractivity contribution in [3.05, 3.63) is 0 Å². The molecule has 1 heteroatoms. The standard InChI is InChI=1S/C7H12O.C3H8/c1-6-3-2-4-7(8)5-6;1-3-2/h6H,2-5H2,1H3;3H2,1-2H3/t6-;/m1./s1. The average Bonchev–Trinajstić information content (AvgIpc) is 1.88. The summed E-state index contributed by atoms with van der Waals surface area (Å²) < 4.78 is 0. The molecule has 0 amide bonds. The quantitative estimate of drug-likeness (QED) is 0.526. The molecule has 0 aromatic heterocycles. The number of hydrogen-bond donors (Lipinski definition) is 0. The van der Waals surface area contributed by atoms with E-state index in [1.165, 1.54) is 12.8 Å². The van der Waals surface area contributed by atoms with Crippen LogP contribution < -0.4 is 0 Å². The summed E-state index contributed by atoms with van der Waals surface area (Å²) in [5, 5.41) is 0. The lowest BCUT2D eigenvalue weighted by Crippen LogP contribution is -2.11. The Bertz CT molecular complexity index is 107. The number of rotatable bonds is 0. The molecular formula is C10H20O. The minimum absolute atomic E-state index is 0.462. The minimum atomic E-state index is 0.462. The fourth-order valence-electron chi connectivity index (χ4n) is 1.24. The lowest BCUT2D eigenvalue weighted by Gasteiger charge is -2.14. The highest BCUT2D eigenvalue weighted by Gasteiger charge is 2.14. The molecule has 1 atom stereocenters. The first-order chi connectivity index (χ1) is 5.20. The zero-order valence-electron chi connectivity index (χ0n) is 8.02. The van der Waals surface area contributed by atoms with E-state index >= 15 is 0 Å². The molecule has 1 rings (SSSR count). The van der Waals surface area contributed by atoms with Crippen molar-refractivity contribution < 1.29 is 4.79 Å². The Morgan fingerprint density at radius 2 is 2.00 bits per heavy atom. The highest BCUT2D eigenvalue weighted by Crippen LogP contribution is 2.19. The van der Waals surface area contributed by atoms with E-state index in [2.05, 4.69) is 20.8 Å². The first-order valence-electron chi connectivity index (χ1n) is 4.72. The monoisotopic (exact) mass is 156 g/mol. The molecule has 0 aromatic carbocycles. The van der Waals surface area contributed by atoms with Gasteiger partial charge in [-0.05, 0) is 18.8 Å². The topological polar surface area (TPSA) is 17.1 Å². The third-order valence-electron chi connectivity index (χ3n) is 1.73. The summed E-state index contributed by atoms with van der Waals surface area (Å²) in [6, 6.07) is 0. The summed E-state index contributed by atoms with van der Waals surface area (Å²) in [4.78, 5) is 10.7.